The van der Waals surface area contributed by atoms with E-state index in [9.17, 15) is 4.39 Å². The van der Waals surface area contributed by atoms with Crippen LogP contribution in [0.15, 0.2) is 30.7 Å². The highest BCUT2D eigenvalue weighted by atomic mass is 19.1. The van der Waals surface area contributed by atoms with Gasteiger partial charge in [0.05, 0.1) is 24.5 Å². The number of aromatic nitrogens is 3. The minimum Gasteiger partial charge on any atom is -0.481 e. The summed E-state index contributed by atoms with van der Waals surface area (Å²) in [4.78, 5) is 11.0. The largest absolute Gasteiger partial charge is 0.481 e. The van der Waals surface area contributed by atoms with Crippen LogP contribution in [0.5, 0.6) is 5.88 Å². The van der Waals surface area contributed by atoms with Gasteiger partial charge in [-0.1, -0.05) is 0 Å². The minimum absolute atomic E-state index is 0.0391. The molecule has 20 heavy (non-hydrogen) atoms. The fourth-order valence-electron chi connectivity index (χ4n) is 2.07. The first-order chi connectivity index (χ1) is 9.74. The van der Waals surface area contributed by atoms with Gasteiger partial charge in [-0.25, -0.2) is 14.4 Å². The van der Waals surface area contributed by atoms with Crippen molar-refractivity contribution in [2.24, 2.45) is 0 Å². The SMILES string of the molecule is COc1ccc(-c2cc(F)c(C#N)c3[nH]cnc23)cn1. The molecule has 98 valence electrons. The Kier molecular flexibility index (Phi) is 2.80. The van der Waals surface area contributed by atoms with Crippen LogP contribution in [0.25, 0.3) is 22.2 Å². The number of nitrogens with one attached hydrogen (secondary N) is 1. The van der Waals surface area contributed by atoms with Crippen LogP contribution in [0.2, 0.25) is 0 Å². The Morgan fingerprint density at radius 3 is 2.85 bits per heavy atom. The zero-order valence-electron chi connectivity index (χ0n) is 10.5. The Labute approximate surface area is 113 Å². The maximum atomic E-state index is 14.0. The first kappa shape index (κ1) is 12.1. The van der Waals surface area contributed by atoms with Gasteiger partial charge < -0.3 is 9.72 Å². The maximum Gasteiger partial charge on any atom is 0.212 e. The molecule has 5 nitrogen and oxygen atoms in total. The van der Waals surface area contributed by atoms with Crippen LogP contribution >= 0.6 is 0 Å². The van der Waals surface area contributed by atoms with E-state index in [1.807, 2.05) is 6.07 Å². The highest BCUT2D eigenvalue weighted by molar-refractivity contribution is 5.94. The molecule has 0 radical (unpaired) electrons. The molecular formula is C14H9FN4O. The number of H-pyrrole nitrogens is 1. The molecule has 0 aliphatic carbocycles. The average molecular weight is 268 g/mol. The zero-order valence-corrected chi connectivity index (χ0v) is 10.5. The minimum atomic E-state index is -0.588. The second kappa shape index (κ2) is 4.63. The summed E-state index contributed by atoms with van der Waals surface area (Å²) < 4.78 is 19.0. The number of fused-ring (bicyclic) bond motifs is 1. The highest BCUT2D eigenvalue weighted by Gasteiger charge is 2.15. The van der Waals surface area contributed by atoms with E-state index >= 15 is 0 Å². The van der Waals surface area contributed by atoms with Gasteiger partial charge in [-0.05, 0) is 12.1 Å². The third kappa shape index (κ3) is 1.77. The number of nitrogens with zero attached hydrogens (tertiary/aromatic N) is 3. The number of ether oxygens (including phenoxy) is 1. The number of methoxy groups -OCH3 is 1. The van der Waals surface area contributed by atoms with Crippen molar-refractivity contribution in [1.29, 1.82) is 5.26 Å². The summed E-state index contributed by atoms with van der Waals surface area (Å²) in [6.45, 7) is 0. The van der Waals surface area contributed by atoms with E-state index in [2.05, 4.69) is 15.0 Å². The second-order valence-electron chi connectivity index (χ2n) is 4.11. The number of halogens is 1. The molecule has 0 aliphatic rings. The lowest BCUT2D eigenvalue weighted by Crippen LogP contribution is -1.92. The molecule has 0 amide bonds. The van der Waals surface area contributed by atoms with E-state index in [4.69, 9.17) is 10.00 Å². The first-order valence-corrected chi connectivity index (χ1v) is 5.80. The molecule has 0 bridgehead atoms. The first-order valence-electron chi connectivity index (χ1n) is 5.80. The molecule has 0 atom stereocenters. The van der Waals surface area contributed by atoms with E-state index < -0.39 is 5.82 Å². The van der Waals surface area contributed by atoms with Crippen molar-refractivity contribution in [3.05, 3.63) is 42.1 Å². The van der Waals surface area contributed by atoms with Gasteiger partial charge in [0.15, 0.2) is 0 Å². The Morgan fingerprint density at radius 2 is 2.20 bits per heavy atom. The van der Waals surface area contributed by atoms with Crippen molar-refractivity contribution in [1.82, 2.24) is 15.0 Å². The van der Waals surface area contributed by atoms with Crippen LogP contribution < -0.4 is 4.74 Å². The van der Waals surface area contributed by atoms with Crippen LogP contribution in [0.4, 0.5) is 4.39 Å². The van der Waals surface area contributed by atoms with Crippen LogP contribution in [-0.4, -0.2) is 22.1 Å². The molecule has 0 unspecified atom stereocenters. The molecule has 6 heteroatoms. The van der Waals surface area contributed by atoms with Gasteiger partial charge in [0.1, 0.15) is 17.4 Å². The molecule has 0 fully saturated rings. The number of pyridine rings is 1. The van der Waals surface area contributed by atoms with E-state index in [1.54, 1.807) is 18.3 Å². The lowest BCUT2D eigenvalue weighted by atomic mass is 10.0. The van der Waals surface area contributed by atoms with E-state index in [0.29, 0.717) is 28.0 Å². The van der Waals surface area contributed by atoms with E-state index in [-0.39, 0.29) is 5.56 Å². The molecule has 0 saturated heterocycles. The lowest BCUT2D eigenvalue weighted by molar-refractivity contribution is 0.398. The monoisotopic (exact) mass is 268 g/mol. The predicted octanol–water partition coefficient (Wildman–Crippen LogP) is 2.64. The molecular weight excluding hydrogens is 259 g/mol. The Morgan fingerprint density at radius 1 is 1.35 bits per heavy atom. The Bertz CT molecular complexity index is 818. The molecule has 1 aromatic carbocycles. The van der Waals surface area contributed by atoms with Crippen molar-refractivity contribution < 1.29 is 9.13 Å². The van der Waals surface area contributed by atoms with Crippen molar-refractivity contribution in [3.8, 4) is 23.1 Å². The summed E-state index contributed by atoms with van der Waals surface area (Å²) >= 11 is 0. The summed E-state index contributed by atoms with van der Waals surface area (Å²) in [6, 6.07) is 6.59. The smallest absolute Gasteiger partial charge is 0.212 e. The third-order valence-corrected chi connectivity index (χ3v) is 3.02. The lowest BCUT2D eigenvalue weighted by Gasteiger charge is -2.05. The number of imidazole rings is 1. The Balaban J connectivity index is 2.26. The fraction of sp³-hybridized carbons (Fsp3) is 0.0714. The number of aromatic amines is 1. The number of rotatable bonds is 2. The van der Waals surface area contributed by atoms with Gasteiger partial charge in [0, 0.05) is 23.4 Å². The van der Waals surface area contributed by atoms with Gasteiger partial charge >= 0.3 is 0 Å². The quantitative estimate of drug-likeness (QED) is 0.775. The average Bonchev–Trinajstić information content (AvgIpc) is 2.96. The number of nitriles is 1. The highest BCUT2D eigenvalue weighted by Crippen LogP contribution is 2.30. The summed E-state index contributed by atoms with van der Waals surface area (Å²) in [5.74, 6) is -0.115. The van der Waals surface area contributed by atoms with Crippen LogP contribution in [-0.2, 0) is 0 Å². The predicted molar refractivity (Wildman–Crippen MR) is 70.5 cm³/mol. The van der Waals surface area contributed by atoms with Gasteiger partial charge in [-0.3, -0.25) is 0 Å². The van der Waals surface area contributed by atoms with Gasteiger partial charge in [-0.2, -0.15) is 5.26 Å². The number of hydrogen-bond acceptors (Lipinski definition) is 4. The van der Waals surface area contributed by atoms with Crippen molar-refractivity contribution in [2.75, 3.05) is 7.11 Å². The maximum absolute atomic E-state index is 14.0. The standard InChI is InChI=1S/C14H9FN4O/c1-20-12-3-2-8(6-17-12)9-4-11(15)10(5-16)14-13(9)18-7-19-14/h2-4,6-7H,1H3,(H,18,19). The molecule has 3 aromatic rings. The van der Waals surface area contributed by atoms with Gasteiger partial charge in [-0.15, -0.1) is 0 Å². The second-order valence-corrected chi connectivity index (χ2v) is 4.11. The van der Waals surface area contributed by atoms with E-state index in [1.165, 1.54) is 19.5 Å². The van der Waals surface area contributed by atoms with Crippen LogP contribution in [0.3, 0.4) is 0 Å². The number of benzene rings is 1. The molecule has 3 rings (SSSR count). The number of hydrogen-bond donors (Lipinski definition) is 1. The molecule has 1 N–H and O–H groups in total. The van der Waals surface area contributed by atoms with Gasteiger partial charge in [0.25, 0.3) is 0 Å². The summed E-state index contributed by atoms with van der Waals surface area (Å²) in [5, 5.41) is 9.00. The molecule has 0 saturated carbocycles. The summed E-state index contributed by atoms with van der Waals surface area (Å²) in [6.07, 6.45) is 3.01. The van der Waals surface area contributed by atoms with Crippen molar-refractivity contribution in [3.63, 3.8) is 0 Å². The molecule has 2 heterocycles. The van der Waals surface area contributed by atoms with Crippen LogP contribution in [0.1, 0.15) is 5.56 Å². The zero-order chi connectivity index (χ0) is 14.1. The van der Waals surface area contributed by atoms with E-state index in [0.717, 1.165) is 0 Å². The van der Waals surface area contributed by atoms with Crippen molar-refractivity contribution in [2.45, 2.75) is 0 Å². The molecule has 2 aromatic heterocycles. The summed E-state index contributed by atoms with van der Waals surface area (Å²) in [7, 11) is 1.52. The normalized spacial score (nSPS) is 10.4. The molecule has 0 spiro atoms. The fourth-order valence-corrected chi connectivity index (χ4v) is 2.07. The topological polar surface area (TPSA) is 74.6 Å². The third-order valence-electron chi connectivity index (χ3n) is 3.02. The summed E-state index contributed by atoms with van der Waals surface area (Å²) in [5.41, 5.74) is 2.16. The molecule has 0 aliphatic heterocycles. The van der Waals surface area contributed by atoms with Crippen LogP contribution in [0, 0.1) is 17.1 Å². The van der Waals surface area contributed by atoms with Gasteiger partial charge in [0.2, 0.25) is 5.88 Å². The Hall–Kier alpha value is -2.94. The van der Waals surface area contributed by atoms with Crippen molar-refractivity contribution >= 4 is 11.0 Å².